The molecule has 3 rings (SSSR count). The molecule has 0 amide bonds. The van der Waals surface area contributed by atoms with Crippen molar-refractivity contribution < 1.29 is 4.74 Å². The first kappa shape index (κ1) is 10.9. The molecule has 0 radical (unpaired) electrons. The zero-order valence-corrected chi connectivity index (χ0v) is 9.73. The summed E-state index contributed by atoms with van der Waals surface area (Å²) < 4.78 is 7.53. The van der Waals surface area contributed by atoms with Gasteiger partial charge in [0.1, 0.15) is 18.6 Å². The van der Waals surface area contributed by atoms with Crippen LogP contribution in [0.5, 0.6) is 0 Å². The average molecular weight is 240 g/mol. The van der Waals surface area contributed by atoms with Gasteiger partial charge < -0.3 is 9.30 Å². The van der Waals surface area contributed by atoms with Crippen molar-refractivity contribution in [3.63, 3.8) is 0 Å². The van der Waals surface area contributed by atoms with Gasteiger partial charge >= 0.3 is 0 Å². The summed E-state index contributed by atoms with van der Waals surface area (Å²) in [5.74, 6) is 0. The van der Waals surface area contributed by atoms with Crippen LogP contribution in [-0.2, 0) is 18.1 Å². The van der Waals surface area contributed by atoms with Crippen LogP contribution in [0.3, 0.4) is 0 Å². The van der Waals surface area contributed by atoms with Crippen molar-refractivity contribution in [2.24, 2.45) is 0 Å². The van der Waals surface area contributed by atoms with Gasteiger partial charge in [-0.1, -0.05) is 30.3 Å². The van der Waals surface area contributed by atoms with Crippen molar-refractivity contribution in [2.45, 2.75) is 13.3 Å². The number of hydrogen-bond donors (Lipinski definition) is 0. The van der Waals surface area contributed by atoms with Gasteiger partial charge in [0.25, 0.3) is 0 Å². The fourth-order valence-electron chi connectivity index (χ4n) is 1.74. The molecule has 0 aliphatic heterocycles. The Labute approximate surface area is 104 Å². The molecule has 0 saturated carbocycles. The first-order valence-corrected chi connectivity index (χ1v) is 5.66. The van der Waals surface area contributed by atoms with E-state index >= 15 is 0 Å². The van der Waals surface area contributed by atoms with Gasteiger partial charge in [-0.2, -0.15) is 0 Å². The quantitative estimate of drug-likeness (QED) is 0.700. The molecule has 18 heavy (non-hydrogen) atoms. The van der Waals surface area contributed by atoms with Crippen LogP contribution in [0.1, 0.15) is 5.56 Å². The van der Waals surface area contributed by atoms with Gasteiger partial charge in [0.05, 0.1) is 19.1 Å². The predicted octanol–water partition coefficient (Wildman–Crippen LogP) is 2.00. The summed E-state index contributed by atoms with van der Waals surface area (Å²) >= 11 is 0. The lowest BCUT2D eigenvalue weighted by Gasteiger charge is -2.05. The Morgan fingerprint density at radius 3 is 2.89 bits per heavy atom. The maximum Gasteiger partial charge on any atom is 0.180 e. The summed E-state index contributed by atoms with van der Waals surface area (Å²) in [7, 11) is 0. The zero-order chi connectivity index (χ0) is 12.2. The van der Waals surface area contributed by atoms with E-state index in [1.165, 1.54) is 6.33 Å². The molecule has 1 aromatic carbocycles. The number of hydrogen-bond acceptors (Lipinski definition) is 4. The van der Waals surface area contributed by atoms with Crippen molar-refractivity contribution in [3.05, 3.63) is 54.7 Å². The highest BCUT2D eigenvalue weighted by Crippen LogP contribution is 2.08. The Morgan fingerprint density at radius 2 is 2.00 bits per heavy atom. The number of benzene rings is 1. The van der Waals surface area contributed by atoms with E-state index in [9.17, 15) is 0 Å². The second-order valence-electron chi connectivity index (χ2n) is 3.91. The van der Waals surface area contributed by atoms with Crippen molar-refractivity contribution in [1.29, 1.82) is 0 Å². The molecule has 3 aromatic rings. The average Bonchev–Trinajstić information content (AvgIpc) is 2.84. The van der Waals surface area contributed by atoms with Gasteiger partial charge in [0.2, 0.25) is 0 Å². The molecular formula is C13H12N4O. The topological polar surface area (TPSA) is 52.8 Å². The Hall–Kier alpha value is -2.27. The molecule has 5 nitrogen and oxygen atoms in total. The summed E-state index contributed by atoms with van der Waals surface area (Å²) in [5.41, 5.74) is 2.72. The van der Waals surface area contributed by atoms with Crippen LogP contribution in [0.25, 0.3) is 11.2 Å². The molecule has 0 fully saturated rings. The summed E-state index contributed by atoms with van der Waals surface area (Å²) in [5, 5.41) is 0. The molecule has 0 saturated heterocycles. The third-order valence-electron chi connectivity index (χ3n) is 2.64. The minimum atomic E-state index is 0.443. The molecule has 0 unspecified atom stereocenters. The van der Waals surface area contributed by atoms with E-state index in [4.69, 9.17) is 4.74 Å². The first-order chi connectivity index (χ1) is 8.93. The SMILES string of the molecule is c1ccc(COCn2cnc3ncncc32)cc1. The van der Waals surface area contributed by atoms with Crippen molar-refractivity contribution in [3.8, 4) is 0 Å². The van der Waals surface area contributed by atoms with Gasteiger partial charge in [-0.05, 0) is 5.56 Å². The third-order valence-corrected chi connectivity index (χ3v) is 2.64. The van der Waals surface area contributed by atoms with Gasteiger partial charge in [0, 0.05) is 0 Å². The minimum absolute atomic E-state index is 0.443. The van der Waals surface area contributed by atoms with E-state index in [1.807, 2.05) is 34.9 Å². The first-order valence-electron chi connectivity index (χ1n) is 5.66. The molecule has 0 aliphatic rings. The number of ether oxygens (including phenoxy) is 1. The molecule has 0 N–H and O–H groups in total. The van der Waals surface area contributed by atoms with Crippen LogP contribution in [-0.4, -0.2) is 19.5 Å². The molecule has 90 valence electrons. The van der Waals surface area contributed by atoms with Crippen LogP contribution in [0.4, 0.5) is 0 Å². The molecule has 2 heterocycles. The number of nitrogens with zero attached hydrogens (tertiary/aromatic N) is 4. The molecule has 0 aliphatic carbocycles. The van der Waals surface area contributed by atoms with Crippen molar-refractivity contribution in [1.82, 2.24) is 19.5 Å². The predicted molar refractivity (Wildman–Crippen MR) is 66.6 cm³/mol. The largest absolute Gasteiger partial charge is 0.356 e. The number of fused-ring (bicyclic) bond motifs is 1. The minimum Gasteiger partial charge on any atom is -0.356 e. The Bertz CT molecular complexity index is 636. The van der Waals surface area contributed by atoms with Crippen LogP contribution >= 0.6 is 0 Å². The lowest BCUT2D eigenvalue weighted by Crippen LogP contribution is -2.01. The third kappa shape index (κ3) is 2.21. The van der Waals surface area contributed by atoms with Crippen LogP contribution in [0.2, 0.25) is 0 Å². The number of aromatic nitrogens is 4. The summed E-state index contributed by atoms with van der Waals surface area (Å²) in [6.07, 6.45) is 4.94. The van der Waals surface area contributed by atoms with E-state index in [0.29, 0.717) is 19.0 Å². The maximum atomic E-state index is 5.64. The zero-order valence-electron chi connectivity index (χ0n) is 9.73. The monoisotopic (exact) mass is 240 g/mol. The van der Waals surface area contributed by atoms with Crippen LogP contribution in [0.15, 0.2) is 49.2 Å². The van der Waals surface area contributed by atoms with Crippen LogP contribution < -0.4 is 0 Å². The second-order valence-corrected chi connectivity index (χ2v) is 3.91. The smallest absolute Gasteiger partial charge is 0.180 e. The molecule has 2 aromatic heterocycles. The lowest BCUT2D eigenvalue weighted by molar-refractivity contribution is 0.0664. The Balaban J connectivity index is 1.67. The fourth-order valence-corrected chi connectivity index (χ4v) is 1.74. The van der Waals surface area contributed by atoms with E-state index in [1.54, 1.807) is 12.5 Å². The highest BCUT2D eigenvalue weighted by molar-refractivity contribution is 5.68. The van der Waals surface area contributed by atoms with Gasteiger partial charge in [0.15, 0.2) is 5.65 Å². The van der Waals surface area contributed by atoms with Crippen molar-refractivity contribution in [2.75, 3.05) is 0 Å². The molecule has 0 bridgehead atoms. The highest BCUT2D eigenvalue weighted by Gasteiger charge is 2.02. The summed E-state index contributed by atoms with van der Waals surface area (Å²) in [6.45, 7) is 1.02. The van der Waals surface area contributed by atoms with Crippen molar-refractivity contribution >= 4 is 11.2 Å². The van der Waals surface area contributed by atoms with Gasteiger partial charge in [-0.15, -0.1) is 0 Å². The van der Waals surface area contributed by atoms with Crippen LogP contribution in [0, 0.1) is 0 Å². The Kier molecular flexibility index (Phi) is 2.97. The Morgan fingerprint density at radius 1 is 1.11 bits per heavy atom. The fraction of sp³-hybridized carbons (Fsp3) is 0.154. The standard InChI is InChI=1S/C13H12N4O/c1-2-4-11(5-3-1)7-18-10-17-9-16-13-12(17)6-14-8-15-13/h1-6,8-9H,7,10H2. The molecule has 5 heteroatoms. The van der Waals surface area contributed by atoms with E-state index in [2.05, 4.69) is 15.0 Å². The van der Waals surface area contributed by atoms with E-state index in [-0.39, 0.29) is 0 Å². The molecule has 0 spiro atoms. The van der Waals surface area contributed by atoms with E-state index < -0.39 is 0 Å². The number of imidazole rings is 1. The normalized spacial score (nSPS) is 10.9. The summed E-state index contributed by atoms with van der Waals surface area (Å²) in [4.78, 5) is 12.2. The molecule has 0 atom stereocenters. The number of rotatable bonds is 4. The maximum absolute atomic E-state index is 5.64. The lowest BCUT2D eigenvalue weighted by atomic mass is 10.2. The van der Waals surface area contributed by atoms with Gasteiger partial charge in [-0.3, -0.25) is 0 Å². The highest BCUT2D eigenvalue weighted by atomic mass is 16.5. The summed E-state index contributed by atoms with van der Waals surface area (Å²) in [6, 6.07) is 10.1. The van der Waals surface area contributed by atoms with E-state index in [0.717, 1.165) is 11.1 Å². The second kappa shape index (κ2) is 4.93. The molecular weight excluding hydrogens is 228 g/mol. The van der Waals surface area contributed by atoms with Gasteiger partial charge in [-0.25, -0.2) is 15.0 Å².